The number of ether oxygens (including phenoxy) is 2. The quantitative estimate of drug-likeness (QED) is 0.810. The minimum atomic E-state index is -0.00354. The molecular weight excluding hydrogens is 306 g/mol. The van der Waals surface area contributed by atoms with Gasteiger partial charge in [-0.2, -0.15) is 5.10 Å². The maximum Gasteiger partial charge on any atom is 0.248 e. The lowest BCUT2D eigenvalue weighted by molar-refractivity contribution is -0.137. The van der Waals surface area contributed by atoms with E-state index in [4.69, 9.17) is 9.47 Å². The molecule has 24 heavy (non-hydrogen) atoms. The zero-order valence-electron chi connectivity index (χ0n) is 14.7. The van der Waals surface area contributed by atoms with Crippen molar-refractivity contribution in [2.24, 2.45) is 0 Å². The van der Waals surface area contributed by atoms with Crippen LogP contribution in [0.4, 0.5) is 0 Å². The molecule has 1 amide bonds. The summed E-state index contributed by atoms with van der Waals surface area (Å²) in [6.45, 7) is 1.99. The third-order valence-electron chi connectivity index (χ3n) is 5.01. The van der Waals surface area contributed by atoms with E-state index >= 15 is 0 Å². The van der Waals surface area contributed by atoms with Crippen molar-refractivity contribution in [2.75, 3.05) is 26.9 Å². The van der Waals surface area contributed by atoms with Crippen molar-refractivity contribution >= 4 is 5.91 Å². The highest BCUT2D eigenvalue weighted by molar-refractivity contribution is 5.77. The number of hydrogen-bond acceptors (Lipinski definition) is 4. The molecule has 1 aromatic rings. The van der Waals surface area contributed by atoms with Gasteiger partial charge in [-0.1, -0.05) is 6.42 Å². The van der Waals surface area contributed by atoms with E-state index in [0.717, 1.165) is 38.0 Å². The molecule has 0 spiro atoms. The lowest BCUT2D eigenvalue weighted by Gasteiger charge is -2.23. The van der Waals surface area contributed by atoms with E-state index in [2.05, 4.69) is 10.2 Å². The first kappa shape index (κ1) is 17.4. The van der Waals surface area contributed by atoms with Crippen molar-refractivity contribution in [3.05, 3.63) is 17.0 Å². The van der Waals surface area contributed by atoms with Crippen LogP contribution in [0.25, 0.3) is 0 Å². The summed E-state index contributed by atoms with van der Waals surface area (Å²) in [6.07, 6.45) is 9.35. The molecule has 1 aromatic heterocycles. The minimum absolute atomic E-state index is 0.00354. The number of carbonyl (C=O) groups is 1. The summed E-state index contributed by atoms with van der Waals surface area (Å²) >= 11 is 0. The van der Waals surface area contributed by atoms with Crippen molar-refractivity contribution in [3.8, 4) is 0 Å². The molecule has 0 unspecified atom stereocenters. The van der Waals surface area contributed by atoms with Gasteiger partial charge in [0, 0.05) is 19.3 Å². The van der Waals surface area contributed by atoms with E-state index in [1.54, 1.807) is 4.90 Å². The number of nitrogens with one attached hydrogen (secondary N) is 1. The highest BCUT2D eigenvalue weighted by Crippen LogP contribution is 2.22. The topological polar surface area (TPSA) is 67.5 Å². The first-order valence-electron chi connectivity index (χ1n) is 9.22. The number of carbonyl (C=O) groups excluding carboxylic acids is 1. The van der Waals surface area contributed by atoms with E-state index in [0.29, 0.717) is 13.2 Å². The van der Waals surface area contributed by atoms with Crippen molar-refractivity contribution in [2.45, 2.75) is 64.0 Å². The Morgan fingerprint density at radius 2 is 2.17 bits per heavy atom. The molecule has 6 heteroatoms. The fraction of sp³-hybridized carbons (Fsp3) is 0.778. The van der Waals surface area contributed by atoms with Crippen LogP contribution in [0.3, 0.4) is 0 Å². The number of aromatic nitrogens is 2. The number of likely N-dealkylation sites (N-methyl/N-ethyl adjacent to an activating group) is 1. The monoisotopic (exact) mass is 335 g/mol. The van der Waals surface area contributed by atoms with Gasteiger partial charge in [-0.05, 0) is 50.5 Å². The maximum absolute atomic E-state index is 12.3. The molecule has 134 valence electrons. The lowest BCUT2D eigenvalue weighted by atomic mass is 10.1. The minimum Gasteiger partial charge on any atom is -0.376 e. The third-order valence-corrected chi connectivity index (χ3v) is 5.01. The van der Waals surface area contributed by atoms with Gasteiger partial charge >= 0.3 is 0 Å². The van der Waals surface area contributed by atoms with Gasteiger partial charge in [0.2, 0.25) is 5.91 Å². The molecular formula is C18H29N3O3. The molecule has 1 N–H and O–H groups in total. The fourth-order valence-corrected chi connectivity index (χ4v) is 3.50. The number of aryl methyl sites for hydroxylation is 1. The molecule has 0 saturated carbocycles. The van der Waals surface area contributed by atoms with Crippen molar-refractivity contribution in [1.29, 1.82) is 0 Å². The smallest absolute Gasteiger partial charge is 0.248 e. The lowest BCUT2D eigenvalue weighted by Crippen LogP contribution is -2.32. The standard InChI is InChI=1S/C18H29N3O3/c1-21(18(22)13-23-12-14-7-5-6-10-24-14)11-17-15-8-3-2-4-9-16(15)19-20-17/h14H,2-13H2,1H3,(H,19,20)/t14-/m0/s1. The molecule has 1 aliphatic carbocycles. The van der Waals surface area contributed by atoms with E-state index in [1.807, 2.05) is 7.05 Å². The van der Waals surface area contributed by atoms with Crippen molar-refractivity contribution < 1.29 is 14.3 Å². The molecule has 0 aromatic carbocycles. The van der Waals surface area contributed by atoms with Gasteiger partial charge in [0.25, 0.3) is 0 Å². The molecule has 0 radical (unpaired) electrons. The normalized spacial score (nSPS) is 21.1. The van der Waals surface area contributed by atoms with Crippen LogP contribution in [-0.2, 0) is 33.7 Å². The van der Waals surface area contributed by atoms with Crippen LogP contribution in [0.2, 0.25) is 0 Å². The van der Waals surface area contributed by atoms with E-state index in [-0.39, 0.29) is 18.6 Å². The van der Waals surface area contributed by atoms with Gasteiger partial charge in [0.1, 0.15) is 6.61 Å². The van der Waals surface area contributed by atoms with Gasteiger partial charge in [-0.3, -0.25) is 9.89 Å². The predicted molar refractivity (Wildman–Crippen MR) is 90.7 cm³/mol. The van der Waals surface area contributed by atoms with Crippen LogP contribution in [-0.4, -0.2) is 54.0 Å². The van der Waals surface area contributed by atoms with Gasteiger partial charge in [-0.15, -0.1) is 0 Å². The van der Waals surface area contributed by atoms with E-state index in [1.165, 1.54) is 36.9 Å². The Hall–Kier alpha value is -1.40. The molecule has 1 saturated heterocycles. The Balaban J connectivity index is 1.45. The first-order chi connectivity index (χ1) is 11.7. The van der Waals surface area contributed by atoms with Crippen LogP contribution in [0.15, 0.2) is 0 Å². The fourth-order valence-electron chi connectivity index (χ4n) is 3.50. The Morgan fingerprint density at radius 3 is 3.00 bits per heavy atom. The second-order valence-electron chi connectivity index (χ2n) is 6.94. The summed E-state index contributed by atoms with van der Waals surface area (Å²) in [5.74, 6) is -0.00354. The zero-order valence-corrected chi connectivity index (χ0v) is 14.7. The molecule has 0 bridgehead atoms. The highest BCUT2D eigenvalue weighted by atomic mass is 16.5. The molecule has 2 aliphatic rings. The summed E-state index contributed by atoms with van der Waals surface area (Å²) < 4.78 is 11.2. The number of hydrogen-bond donors (Lipinski definition) is 1. The molecule has 1 atom stereocenters. The third kappa shape index (κ3) is 4.57. The summed E-state index contributed by atoms with van der Waals surface area (Å²) in [5.41, 5.74) is 3.59. The highest BCUT2D eigenvalue weighted by Gasteiger charge is 2.19. The Kier molecular flexibility index (Phi) is 6.26. The number of H-pyrrole nitrogens is 1. The molecule has 1 fully saturated rings. The Labute approximate surface area is 143 Å². The van der Waals surface area contributed by atoms with Crippen LogP contribution in [0.5, 0.6) is 0 Å². The molecule has 3 rings (SSSR count). The van der Waals surface area contributed by atoms with Crippen molar-refractivity contribution in [1.82, 2.24) is 15.1 Å². The van der Waals surface area contributed by atoms with Crippen molar-refractivity contribution in [3.63, 3.8) is 0 Å². The molecule has 1 aliphatic heterocycles. The van der Waals surface area contributed by atoms with Gasteiger partial charge in [-0.25, -0.2) is 0 Å². The summed E-state index contributed by atoms with van der Waals surface area (Å²) in [6, 6.07) is 0. The molecule has 2 heterocycles. The first-order valence-corrected chi connectivity index (χ1v) is 9.22. The average Bonchev–Trinajstić information content (AvgIpc) is 2.82. The SMILES string of the molecule is CN(Cc1n[nH]c2c1CCCCC2)C(=O)COC[C@@H]1CCCCO1. The van der Waals surface area contributed by atoms with E-state index in [9.17, 15) is 4.79 Å². The second kappa shape index (κ2) is 8.62. The van der Waals surface area contributed by atoms with Crippen LogP contribution >= 0.6 is 0 Å². The van der Waals surface area contributed by atoms with Crippen LogP contribution < -0.4 is 0 Å². The summed E-state index contributed by atoms with van der Waals surface area (Å²) in [5, 5.41) is 7.60. The largest absolute Gasteiger partial charge is 0.376 e. The van der Waals surface area contributed by atoms with Crippen LogP contribution in [0.1, 0.15) is 55.5 Å². The Bertz CT molecular complexity index is 538. The number of rotatable bonds is 6. The number of nitrogens with zero attached hydrogens (tertiary/aromatic N) is 2. The van der Waals surface area contributed by atoms with E-state index < -0.39 is 0 Å². The Morgan fingerprint density at radius 1 is 1.29 bits per heavy atom. The molecule has 6 nitrogen and oxygen atoms in total. The summed E-state index contributed by atoms with van der Waals surface area (Å²) in [4.78, 5) is 14.0. The van der Waals surface area contributed by atoms with Gasteiger partial charge < -0.3 is 14.4 Å². The number of fused-ring (bicyclic) bond motifs is 1. The number of amides is 1. The predicted octanol–water partition coefficient (Wildman–Crippen LogP) is 2.22. The number of aromatic amines is 1. The van der Waals surface area contributed by atoms with Gasteiger partial charge in [0.15, 0.2) is 0 Å². The maximum atomic E-state index is 12.3. The zero-order chi connectivity index (χ0) is 16.8. The average molecular weight is 335 g/mol. The second-order valence-corrected chi connectivity index (χ2v) is 6.94. The van der Waals surface area contributed by atoms with Gasteiger partial charge in [0.05, 0.1) is 24.9 Å². The summed E-state index contributed by atoms with van der Waals surface area (Å²) in [7, 11) is 1.82. The van der Waals surface area contributed by atoms with Crippen LogP contribution in [0, 0.1) is 0 Å².